The summed E-state index contributed by atoms with van der Waals surface area (Å²) < 4.78 is 4.77. The Morgan fingerprint density at radius 1 is 0.944 bits per heavy atom. The number of aryl methyl sites for hydroxylation is 2. The number of rotatable bonds is 7. The number of nitrogens with one attached hydrogen (secondary N) is 3. The number of aromatic nitrogens is 4. The Morgan fingerprint density at radius 2 is 1.56 bits per heavy atom. The Bertz CT molecular complexity index is 2110. The second-order valence-electron chi connectivity index (χ2n) is 17.0. The molecule has 12 nitrogen and oxygen atoms in total. The lowest BCUT2D eigenvalue weighted by Crippen LogP contribution is -2.56. The van der Waals surface area contributed by atoms with Crippen LogP contribution in [0.3, 0.4) is 0 Å². The first-order valence-corrected chi connectivity index (χ1v) is 19.3. The molecule has 54 heavy (non-hydrogen) atoms. The van der Waals surface area contributed by atoms with E-state index in [1.54, 1.807) is 4.90 Å². The molecule has 2 unspecified atom stereocenters. The number of hydrogen-bond donors (Lipinski definition) is 4. The summed E-state index contributed by atoms with van der Waals surface area (Å²) in [7, 11) is 1.30. The molecule has 8 rings (SSSR count). The molecule has 3 fully saturated rings. The van der Waals surface area contributed by atoms with Crippen LogP contribution in [0.1, 0.15) is 102 Å². The van der Waals surface area contributed by atoms with Crippen LogP contribution in [0.5, 0.6) is 0 Å². The number of carboxylic acid groups (broad SMARTS) is 1. The van der Waals surface area contributed by atoms with E-state index in [0.717, 1.165) is 79.1 Å². The number of fused-ring (bicyclic) bond motifs is 5. The van der Waals surface area contributed by atoms with Gasteiger partial charge in [-0.05, 0) is 108 Å². The molecule has 2 aromatic carbocycles. The molecular weight excluding hydrogens is 683 g/mol. The Balaban J connectivity index is 0.998. The van der Waals surface area contributed by atoms with Crippen molar-refractivity contribution in [3.05, 3.63) is 71.6 Å². The zero-order chi connectivity index (χ0) is 38.1. The molecule has 1 saturated carbocycles. The summed E-state index contributed by atoms with van der Waals surface area (Å²) in [5, 5.41) is 13.1. The van der Waals surface area contributed by atoms with Crippen molar-refractivity contribution in [2.45, 2.75) is 103 Å². The van der Waals surface area contributed by atoms with E-state index < -0.39 is 18.2 Å². The Morgan fingerprint density at radius 3 is 2.13 bits per heavy atom. The summed E-state index contributed by atoms with van der Waals surface area (Å²) in [4.78, 5) is 58.4. The lowest BCUT2D eigenvalue weighted by atomic mass is 9.72. The molecule has 0 spiro atoms. The molecule has 2 saturated heterocycles. The lowest BCUT2D eigenvalue weighted by Gasteiger charge is -2.48. The second kappa shape index (κ2) is 13.3. The number of carbonyl (C=O) groups is 3. The number of aromatic amines is 2. The summed E-state index contributed by atoms with van der Waals surface area (Å²) in [5.74, 6) is 1.53. The molecule has 5 atom stereocenters. The van der Waals surface area contributed by atoms with Gasteiger partial charge in [0.05, 0.1) is 48.5 Å². The van der Waals surface area contributed by atoms with Gasteiger partial charge in [-0.25, -0.2) is 19.6 Å². The average molecular weight is 734 g/mol. The monoisotopic (exact) mass is 733 g/mol. The first kappa shape index (κ1) is 35.9. The third-order valence-corrected chi connectivity index (χ3v) is 12.8. The summed E-state index contributed by atoms with van der Waals surface area (Å²) in [6.45, 7) is 10.9. The highest BCUT2D eigenvalue weighted by atomic mass is 16.5. The fourth-order valence-electron chi connectivity index (χ4n) is 9.93. The van der Waals surface area contributed by atoms with Gasteiger partial charge in [0.15, 0.2) is 0 Å². The highest BCUT2D eigenvalue weighted by Crippen LogP contribution is 2.62. The van der Waals surface area contributed by atoms with E-state index in [-0.39, 0.29) is 40.8 Å². The molecule has 0 radical (unpaired) electrons. The van der Waals surface area contributed by atoms with E-state index in [4.69, 9.17) is 14.7 Å². The minimum absolute atomic E-state index is 0.0965. The van der Waals surface area contributed by atoms with Gasteiger partial charge in [-0.3, -0.25) is 9.69 Å². The zero-order valence-electron chi connectivity index (χ0n) is 32.0. The topological polar surface area (TPSA) is 157 Å². The molecule has 4 aromatic rings. The normalized spacial score (nSPS) is 23.7. The SMILES string of the molecule is COC(=O)NC(C(=O)N1CCCC1c1ncc(-c2ccc3c(c2)CCc2cc(-c4cnc([C@@H]5[C@H]6CC[C@](C(C)(C)C)(C6)N5C(=O)O)[nH]4)ccc2-3)[nH]1)C(C)C. The number of ether oxygens (including phenoxy) is 1. The van der Waals surface area contributed by atoms with Crippen molar-refractivity contribution in [1.29, 1.82) is 0 Å². The van der Waals surface area contributed by atoms with Crippen molar-refractivity contribution >= 4 is 18.1 Å². The zero-order valence-corrected chi connectivity index (χ0v) is 32.0. The van der Waals surface area contributed by atoms with E-state index in [2.05, 4.69) is 72.5 Å². The molecular formula is C42H51N7O5. The molecule has 3 amide bonds. The quantitative estimate of drug-likeness (QED) is 0.150. The van der Waals surface area contributed by atoms with Crippen LogP contribution in [0.15, 0.2) is 48.8 Å². The number of alkyl carbamates (subject to hydrolysis) is 1. The van der Waals surface area contributed by atoms with Gasteiger partial charge in [0.2, 0.25) is 5.91 Å². The molecule has 12 heteroatoms. The molecule has 2 bridgehead atoms. The van der Waals surface area contributed by atoms with Gasteiger partial charge in [0.25, 0.3) is 0 Å². The lowest BCUT2D eigenvalue weighted by molar-refractivity contribution is -0.135. The van der Waals surface area contributed by atoms with Crippen molar-refractivity contribution in [3.63, 3.8) is 0 Å². The fourth-order valence-corrected chi connectivity index (χ4v) is 9.93. The van der Waals surface area contributed by atoms with Crippen molar-refractivity contribution in [2.75, 3.05) is 13.7 Å². The Hall–Kier alpha value is -5.13. The van der Waals surface area contributed by atoms with E-state index >= 15 is 0 Å². The van der Waals surface area contributed by atoms with Crippen LogP contribution in [-0.2, 0) is 22.4 Å². The molecule has 2 aliphatic heterocycles. The number of piperidine rings is 1. The third kappa shape index (κ3) is 5.85. The van der Waals surface area contributed by atoms with Crippen LogP contribution >= 0.6 is 0 Å². The largest absolute Gasteiger partial charge is 0.465 e. The van der Waals surface area contributed by atoms with Gasteiger partial charge in [-0.1, -0.05) is 58.9 Å². The molecule has 4 N–H and O–H groups in total. The molecule has 4 heterocycles. The van der Waals surface area contributed by atoms with E-state index in [0.29, 0.717) is 6.54 Å². The van der Waals surface area contributed by atoms with Gasteiger partial charge in [0.1, 0.15) is 17.7 Å². The van der Waals surface area contributed by atoms with Crippen LogP contribution in [0.2, 0.25) is 0 Å². The Kier molecular flexibility index (Phi) is 8.85. The van der Waals surface area contributed by atoms with Crippen LogP contribution in [-0.4, -0.2) is 78.2 Å². The first-order chi connectivity index (χ1) is 25.8. The van der Waals surface area contributed by atoms with Crippen LogP contribution in [0.4, 0.5) is 9.59 Å². The van der Waals surface area contributed by atoms with E-state index in [1.807, 2.05) is 31.1 Å². The van der Waals surface area contributed by atoms with Gasteiger partial charge < -0.3 is 30.0 Å². The molecule has 2 aromatic heterocycles. The maximum absolute atomic E-state index is 13.6. The van der Waals surface area contributed by atoms with E-state index in [1.165, 1.54) is 29.4 Å². The van der Waals surface area contributed by atoms with Gasteiger partial charge >= 0.3 is 12.2 Å². The standard InChI is InChI=1S/C42H51N7O5/c1-23(2)34(47-39(51)54-6)38(50)48-17-7-8-33(48)36-43-21-31(45-36)26-11-13-29-24(18-26)9-10-25-19-27(12-14-30(25)29)32-22-44-37(46-32)35-28-15-16-42(20-28,41(3,4)5)49(35)40(52)53/h11-14,18-19,21-23,28,33-35H,7-10,15-17,20H2,1-6H3,(H,43,45)(H,44,46)(H,47,51)(H,52,53)/t28-,33?,34?,35-,42+/m0/s1. The number of hydrogen-bond acceptors (Lipinski definition) is 6. The maximum Gasteiger partial charge on any atom is 0.408 e. The van der Waals surface area contributed by atoms with Crippen molar-refractivity contribution in [1.82, 2.24) is 35.1 Å². The van der Waals surface area contributed by atoms with Crippen LogP contribution in [0, 0.1) is 17.3 Å². The predicted molar refractivity (Wildman–Crippen MR) is 204 cm³/mol. The highest BCUT2D eigenvalue weighted by Gasteiger charge is 2.64. The smallest absolute Gasteiger partial charge is 0.408 e. The molecule has 284 valence electrons. The van der Waals surface area contributed by atoms with Crippen molar-refractivity contribution in [3.8, 4) is 33.6 Å². The number of amides is 3. The highest BCUT2D eigenvalue weighted by molar-refractivity contribution is 5.86. The molecule has 4 aliphatic rings. The average Bonchev–Trinajstić information content (AvgIpc) is 4.00. The summed E-state index contributed by atoms with van der Waals surface area (Å²) in [5.41, 5.74) is 8.35. The summed E-state index contributed by atoms with van der Waals surface area (Å²) >= 11 is 0. The number of benzene rings is 2. The van der Waals surface area contributed by atoms with Crippen molar-refractivity contribution in [2.24, 2.45) is 17.3 Å². The Labute approximate surface area is 316 Å². The number of H-pyrrole nitrogens is 2. The summed E-state index contributed by atoms with van der Waals surface area (Å²) in [6.07, 6.45) is 8.47. The van der Waals surface area contributed by atoms with Crippen molar-refractivity contribution < 1.29 is 24.2 Å². The number of imidazole rings is 2. The first-order valence-electron chi connectivity index (χ1n) is 19.3. The fraction of sp³-hybridized carbons (Fsp3) is 0.500. The third-order valence-electron chi connectivity index (χ3n) is 12.8. The van der Waals surface area contributed by atoms with E-state index in [9.17, 15) is 19.5 Å². The maximum atomic E-state index is 13.6. The van der Waals surface area contributed by atoms with Crippen LogP contribution < -0.4 is 5.32 Å². The number of methoxy groups -OCH3 is 1. The summed E-state index contributed by atoms with van der Waals surface area (Å²) in [6, 6.07) is 12.0. The van der Waals surface area contributed by atoms with Crippen LogP contribution in [0.25, 0.3) is 33.6 Å². The van der Waals surface area contributed by atoms with Gasteiger partial charge in [0, 0.05) is 6.54 Å². The number of likely N-dealkylation sites (tertiary alicyclic amines) is 2. The minimum Gasteiger partial charge on any atom is -0.465 e. The second-order valence-corrected chi connectivity index (χ2v) is 17.0. The molecule has 2 aliphatic carbocycles. The minimum atomic E-state index is -0.864. The predicted octanol–water partition coefficient (Wildman–Crippen LogP) is 7.90. The number of carbonyl (C=O) groups excluding carboxylic acids is 2. The van der Waals surface area contributed by atoms with Gasteiger partial charge in [-0.2, -0.15) is 0 Å². The van der Waals surface area contributed by atoms with Gasteiger partial charge in [-0.15, -0.1) is 0 Å². The number of nitrogens with zero attached hydrogens (tertiary/aromatic N) is 4.